The number of methoxy groups -OCH3 is 1. The molecule has 0 fully saturated rings. The quantitative estimate of drug-likeness (QED) is 0.786. The molecule has 4 heteroatoms. The third-order valence-corrected chi connectivity index (χ3v) is 3.21. The van der Waals surface area contributed by atoms with Crippen molar-refractivity contribution in [2.45, 2.75) is 32.4 Å². The Morgan fingerprint density at radius 2 is 2.05 bits per heavy atom. The molecular weight excluding hydrogens is 240 g/mol. The van der Waals surface area contributed by atoms with Crippen molar-refractivity contribution in [1.29, 1.82) is 0 Å². The molecule has 1 atom stereocenters. The minimum Gasteiger partial charge on any atom is -0.496 e. The van der Waals surface area contributed by atoms with Crippen LogP contribution >= 0.6 is 0 Å². The molecule has 108 valence electrons. The summed E-state index contributed by atoms with van der Waals surface area (Å²) in [6, 6.07) is 6.32. The maximum absolute atomic E-state index is 9.55. The first-order valence-corrected chi connectivity index (χ1v) is 6.71. The van der Waals surface area contributed by atoms with E-state index in [0.717, 1.165) is 17.9 Å². The van der Waals surface area contributed by atoms with Crippen molar-refractivity contribution in [2.75, 3.05) is 27.2 Å². The number of aliphatic hydroxyl groups excluding tert-OH is 1. The summed E-state index contributed by atoms with van der Waals surface area (Å²) in [5, 5.41) is 9.55. The van der Waals surface area contributed by atoms with Gasteiger partial charge in [0.05, 0.1) is 13.2 Å². The van der Waals surface area contributed by atoms with Crippen LogP contribution in [0, 0.1) is 0 Å². The van der Waals surface area contributed by atoms with Crippen LogP contribution in [0.4, 0.5) is 0 Å². The van der Waals surface area contributed by atoms with Crippen molar-refractivity contribution >= 4 is 0 Å². The van der Waals surface area contributed by atoms with Gasteiger partial charge in [0.25, 0.3) is 0 Å². The number of nitrogens with two attached hydrogens (primary N) is 1. The standard InChI is InChI=1S/C15H26N2O2/c1-11(2)12-5-6-13(15(7-12)19-4)9-17(3)10-14(18)8-16/h5-7,11,14,18H,8-10,16H2,1-4H3. The molecule has 0 saturated heterocycles. The molecule has 0 aliphatic carbocycles. The Labute approximate surface area is 116 Å². The lowest BCUT2D eigenvalue weighted by Gasteiger charge is -2.21. The molecule has 0 heterocycles. The van der Waals surface area contributed by atoms with Crippen LogP contribution in [0.25, 0.3) is 0 Å². The van der Waals surface area contributed by atoms with Crippen LogP contribution in [0.5, 0.6) is 5.75 Å². The molecule has 1 unspecified atom stereocenters. The fraction of sp³-hybridized carbons (Fsp3) is 0.600. The van der Waals surface area contributed by atoms with Gasteiger partial charge in [-0.15, -0.1) is 0 Å². The van der Waals surface area contributed by atoms with E-state index in [1.165, 1.54) is 5.56 Å². The second-order valence-electron chi connectivity index (χ2n) is 5.31. The average molecular weight is 266 g/mol. The highest BCUT2D eigenvalue weighted by Gasteiger charge is 2.11. The van der Waals surface area contributed by atoms with E-state index in [2.05, 4.69) is 32.0 Å². The van der Waals surface area contributed by atoms with E-state index in [1.807, 2.05) is 11.9 Å². The Balaban J connectivity index is 2.77. The second-order valence-corrected chi connectivity index (χ2v) is 5.31. The van der Waals surface area contributed by atoms with Crippen molar-refractivity contribution in [3.8, 4) is 5.75 Å². The fourth-order valence-electron chi connectivity index (χ4n) is 2.04. The highest BCUT2D eigenvalue weighted by Crippen LogP contribution is 2.25. The number of benzene rings is 1. The topological polar surface area (TPSA) is 58.7 Å². The van der Waals surface area contributed by atoms with Crippen LogP contribution in [0.2, 0.25) is 0 Å². The summed E-state index contributed by atoms with van der Waals surface area (Å²) in [5.41, 5.74) is 7.81. The highest BCUT2D eigenvalue weighted by molar-refractivity contribution is 5.38. The predicted octanol–water partition coefficient (Wildman–Crippen LogP) is 1.57. The maximum Gasteiger partial charge on any atom is 0.123 e. The number of hydrogen-bond acceptors (Lipinski definition) is 4. The molecule has 3 N–H and O–H groups in total. The lowest BCUT2D eigenvalue weighted by Crippen LogP contribution is -2.33. The van der Waals surface area contributed by atoms with Gasteiger partial charge in [0.1, 0.15) is 5.75 Å². The summed E-state index contributed by atoms with van der Waals surface area (Å²) in [4.78, 5) is 2.05. The first-order valence-electron chi connectivity index (χ1n) is 6.71. The molecule has 19 heavy (non-hydrogen) atoms. The van der Waals surface area contributed by atoms with Gasteiger partial charge in [0, 0.05) is 25.2 Å². The molecule has 1 rings (SSSR count). The smallest absolute Gasteiger partial charge is 0.123 e. The summed E-state index contributed by atoms with van der Waals surface area (Å²) < 4.78 is 5.45. The third kappa shape index (κ3) is 4.82. The lowest BCUT2D eigenvalue weighted by molar-refractivity contribution is 0.129. The van der Waals surface area contributed by atoms with Gasteiger partial charge in [-0.2, -0.15) is 0 Å². The molecule has 0 spiro atoms. The van der Waals surface area contributed by atoms with E-state index in [4.69, 9.17) is 10.5 Å². The molecule has 1 aromatic rings. The van der Waals surface area contributed by atoms with Crippen LogP contribution in [-0.2, 0) is 6.54 Å². The van der Waals surface area contributed by atoms with E-state index >= 15 is 0 Å². The molecule has 0 radical (unpaired) electrons. The van der Waals surface area contributed by atoms with Gasteiger partial charge >= 0.3 is 0 Å². The highest BCUT2D eigenvalue weighted by atomic mass is 16.5. The van der Waals surface area contributed by atoms with E-state index in [-0.39, 0.29) is 6.54 Å². The van der Waals surface area contributed by atoms with Gasteiger partial charge in [0.2, 0.25) is 0 Å². The zero-order valence-electron chi connectivity index (χ0n) is 12.4. The number of rotatable bonds is 7. The van der Waals surface area contributed by atoms with Crippen molar-refractivity contribution in [3.63, 3.8) is 0 Å². The van der Waals surface area contributed by atoms with Crippen molar-refractivity contribution in [2.24, 2.45) is 5.73 Å². The number of nitrogens with zero attached hydrogens (tertiary/aromatic N) is 1. The van der Waals surface area contributed by atoms with Crippen LogP contribution in [-0.4, -0.2) is 43.4 Å². The Morgan fingerprint density at radius 1 is 1.37 bits per heavy atom. The SMILES string of the molecule is COc1cc(C(C)C)ccc1CN(C)CC(O)CN. The van der Waals surface area contributed by atoms with Gasteiger partial charge < -0.3 is 15.6 Å². The number of ether oxygens (including phenoxy) is 1. The summed E-state index contributed by atoms with van der Waals surface area (Å²) in [6.07, 6.45) is -0.481. The van der Waals surface area contributed by atoms with E-state index in [1.54, 1.807) is 7.11 Å². The van der Waals surface area contributed by atoms with Gasteiger partial charge in [-0.05, 0) is 24.6 Å². The largest absolute Gasteiger partial charge is 0.496 e. The third-order valence-electron chi connectivity index (χ3n) is 3.21. The van der Waals surface area contributed by atoms with Crippen molar-refractivity contribution in [3.05, 3.63) is 29.3 Å². The Bertz CT molecular complexity index is 394. The average Bonchev–Trinajstić information content (AvgIpc) is 2.38. The molecule has 1 aromatic carbocycles. The molecule has 0 saturated carbocycles. The van der Waals surface area contributed by atoms with E-state index < -0.39 is 6.10 Å². The summed E-state index contributed by atoms with van der Waals surface area (Å²) in [6.45, 7) is 5.91. The van der Waals surface area contributed by atoms with Gasteiger partial charge in [0.15, 0.2) is 0 Å². The minimum absolute atomic E-state index is 0.285. The van der Waals surface area contributed by atoms with Crippen LogP contribution < -0.4 is 10.5 Å². The summed E-state index contributed by atoms with van der Waals surface area (Å²) in [7, 11) is 3.66. The first-order chi connectivity index (χ1) is 8.97. The molecule has 0 bridgehead atoms. The number of hydrogen-bond donors (Lipinski definition) is 2. The summed E-state index contributed by atoms with van der Waals surface area (Å²) in [5.74, 6) is 1.39. The number of likely N-dealkylation sites (N-methyl/N-ethyl adjacent to an activating group) is 1. The zero-order valence-corrected chi connectivity index (χ0v) is 12.4. The number of aliphatic hydroxyl groups is 1. The Kier molecular flexibility index (Phi) is 6.28. The van der Waals surface area contributed by atoms with Crippen LogP contribution in [0.1, 0.15) is 30.9 Å². The zero-order chi connectivity index (χ0) is 14.4. The van der Waals surface area contributed by atoms with Gasteiger partial charge in [-0.1, -0.05) is 26.0 Å². The molecule has 0 aliphatic rings. The predicted molar refractivity (Wildman–Crippen MR) is 78.5 cm³/mol. The first kappa shape index (κ1) is 16.0. The lowest BCUT2D eigenvalue weighted by atomic mass is 10.0. The minimum atomic E-state index is -0.481. The molecule has 0 aliphatic heterocycles. The molecule has 0 amide bonds. The van der Waals surface area contributed by atoms with Crippen LogP contribution in [0.3, 0.4) is 0 Å². The van der Waals surface area contributed by atoms with Crippen LogP contribution in [0.15, 0.2) is 18.2 Å². The van der Waals surface area contributed by atoms with Crippen molar-refractivity contribution < 1.29 is 9.84 Å². The Morgan fingerprint density at radius 3 is 2.58 bits per heavy atom. The molecular formula is C15H26N2O2. The van der Waals surface area contributed by atoms with Gasteiger partial charge in [-0.25, -0.2) is 0 Å². The molecule has 4 nitrogen and oxygen atoms in total. The molecule has 0 aromatic heterocycles. The van der Waals surface area contributed by atoms with E-state index in [9.17, 15) is 5.11 Å². The maximum atomic E-state index is 9.55. The summed E-state index contributed by atoms with van der Waals surface area (Å²) >= 11 is 0. The van der Waals surface area contributed by atoms with E-state index in [0.29, 0.717) is 12.5 Å². The fourth-order valence-corrected chi connectivity index (χ4v) is 2.04. The Hall–Kier alpha value is -1.10. The van der Waals surface area contributed by atoms with Gasteiger partial charge in [-0.3, -0.25) is 4.90 Å². The van der Waals surface area contributed by atoms with Crippen molar-refractivity contribution in [1.82, 2.24) is 4.90 Å². The normalized spacial score (nSPS) is 13.1. The second kappa shape index (κ2) is 7.48. The monoisotopic (exact) mass is 266 g/mol.